The standard InChI is InChI=1S/C18H16N2O2/c1-22-18-14(8-5-11-19-18)12-20-17(21)16-10-4-7-13-6-2-3-9-15(13)16/h2-11H,12H2,1H3,(H,20,21). The van der Waals surface area contributed by atoms with Crippen LogP contribution in [0.25, 0.3) is 10.8 Å². The largest absolute Gasteiger partial charge is 0.481 e. The Bertz CT molecular complexity index is 810. The summed E-state index contributed by atoms with van der Waals surface area (Å²) in [6.45, 7) is 0.374. The second-order valence-corrected chi connectivity index (χ2v) is 4.88. The number of aromatic nitrogens is 1. The summed E-state index contributed by atoms with van der Waals surface area (Å²) in [5.74, 6) is 0.420. The van der Waals surface area contributed by atoms with Gasteiger partial charge in [0, 0.05) is 23.9 Å². The number of carbonyl (C=O) groups excluding carboxylic acids is 1. The number of methoxy groups -OCH3 is 1. The van der Waals surface area contributed by atoms with Crippen molar-refractivity contribution in [2.45, 2.75) is 6.54 Å². The maximum absolute atomic E-state index is 12.5. The van der Waals surface area contributed by atoms with E-state index in [2.05, 4.69) is 10.3 Å². The summed E-state index contributed by atoms with van der Waals surface area (Å²) < 4.78 is 5.19. The molecule has 0 bridgehead atoms. The van der Waals surface area contributed by atoms with Gasteiger partial charge in [0.2, 0.25) is 5.88 Å². The minimum atomic E-state index is -0.109. The second kappa shape index (κ2) is 6.26. The number of hydrogen-bond acceptors (Lipinski definition) is 3. The Hall–Kier alpha value is -2.88. The Labute approximate surface area is 128 Å². The van der Waals surface area contributed by atoms with E-state index < -0.39 is 0 Å². The van der Waals surface area contributed by atoms with Gasteiger partial charge in [-0.2, -0.15) is 0 Å². The fourth-order valence-corrected chi connectivity index (χ4v) is 2.44. The number of fused-ring (bicyclic) bond motifs is 1. The number of benzene rings is 2. The monoisotopic (exact) mass is 292 g/mol. The molecule has 0 aliphatic rings. The minimum Gasteiger partial charge on any atom is -0.481 e. The fourth-order valence-electron chi connectivity index (χ4n) is 2.44. The highest BCUT2D eigenvalue weighted by Gasteiger charge is 2.10. The molecule has 0 spiro atoms. The van der Waals surface area contributed by atoms with Gasteiger partial charge in [-0.05, 0) is 22.9 Å². The number of hydrogen-bond donors (Lipinski definition) is 1. The molecular formula is C18H16N2O2. The third-order valence-electron chi connectivity index (χ3n) is 3.52. The zero-order valence-corrected chi connectivity index (χ0v) is 12.2. The summed E-state index contributed by atoms with van der Waals surface area (Å²) in [6.07, 6.45) is 1.66. The van der Waals surface area contributed by atoms with Crippen LogP contribution in [0.3, 0.4) is 0 Å². The summed E-state index contributed by atoms with van der Waals surface area (Å²) in [4.78, 5) is 16.6. The molecule has 0 radical (unpaired) electrons. The molecule has 1 aromatic heterocycles. The van der Waals surface area contributed by atoms with Gasteiger partial charge in [-0.25, -0.2) is 4.98 Å². The molecule has 2 aromatic carbocycles. The van der Waals surface area contributed by atoms with Crippen LogP contribution in [0.4, 0.5) is 0 Å². The lowest BCUT2D eigenvalue weighted by Gasteiger charge is -2.10. The predicted molar refractivity (Wildman–Crippen MR) is 85.9 cm³/mol. The van der Waals surface area contributed by atoms with Crippen molar-refractivity contribution < 1.29 is 9.53 Å². The topological polar surface area (TPSA) is 51.2 Å². The van der Waals surface area contributed by atoms with Crippen LogP contribution in [-0.2, 0) is 6.54 Å². The van der Waals surface area contributed by atoms with Crippen molar-refractivity contribution in [3.8, 4) is 5.88 Å². The molecule has 3 aromatic rings. The molecule has 0 saturated carbocycles. The lowest BCUT2D eigenvalue weighted by atomic mass is 10.0. The number of nitrogens with zero attached hydrogens (tertiary/aromatic N) is 1. The highest BCUT2D eigenvalue weighted by Crippen LogP contribution is 2.19. The summed E-state index contributed by atoms with van der Waals surface area (Å²) in [6, 6.07) is 17.3. The van der Waals surface area contributed by atoms with Gasteiger partial charge in [-0.3, -0.25) is 4.79 Å². The van der Waals surface area contributed by atoms with E-state index in [9.17, 15) is 4.79 Å². The maximum Gasteiger partial charge on any atom is 0.252 e. The van der Waals surface area contributed by atoms with Gasteiger partial charge in [0.25, 0.3) is 5.91 Å². The predicted octanol–water partition coefficient (Wildman–Crippen LogP) is 3.17. The number of rotatable bonds is 4. The lowest BCUT2D eigenvalue weighted by Crippen LogP contribution is -2.23. The molecule has 0 atom stereocenters. The summed E-state index contributed by atoms with van der Waals surface area (Å²) in [5, 5.41) is 4.92. The molecule has 0 aliphatic carbocycles. The van der Waals surface area contributed by atoms with Gasteiger partial charge in [0.05, 0.1) is 7.11 Å². The summed E-state index contributed by atoms with van der Waals surface area (Å²) in [5.41, 5.74) is 1.51. The van der Waals surface area contributed by atoms with Crippen molar-refractivity contribution >= 4 is 16.7 Å². The summed E-state index contributed by atoms with van der Waals surface area (Å²) >= 11 is 0. The summed E-state index contributed by atoms with van der Waals surface area (Å²) in [7, 11) is 1.57. The van der Waals surface area contributed by atoms with Crippen molar-refractivity contribution in [1.82, 2.24) is 10.3 Å². The van der Waals surface area contributed by atoms with Crippen LogP contribution in [0.15, 0.2) is 60.8 Å². The Morgan fingerprint density at radius 2 is 1.91 bits per heavy atom. The van der Waals surface area contributed by atoms with Crippen LogP contribution in [0, 0.1) is 0 Å². The molecule has 1 N–H and O–H groups in total. The number of carbonyl (C=O) groups is 1. The average molecular weight is 292 g/mol. The van der Waals surface area contributed by atoms with E-state index in [1.165, 1.54) is 0 Å². The van der Waals surface area contributed by atoms with E-state index in [-0.39, 0.29) is 5.91 Å². The van der Waals surface area contributed by atoms with Gasteiger partial charge in [-0.1, -0.05) is 42.5 Å². The molecule has 22 heavy (non-hydrogen) atoms. The van der Waals surface area contributed by atoms with E-state index in [0.29, 0.717) is 18.0 Å². The molecule has 110 valence electrons. The second-order valence-electron chi connectivity index (χ2n) is 4.88. The lowest BCUT2D eigenvalue weighted by molar-refractivity contribution is 0.0952. The van der Waals surface area contributed by atoms with Crippen LogP contribution >= 0.6 is 0 Å². The Balaban J connectivity index is 1.82. The van der Waals surface area contributed by atoms with Crippen molar-refractivity contribution in [3.63, 3.8) is 0 Å². The Kier molecular flexibility index (Phi) is 4.01. The molecule has 0 fully saturated rings. The van der Waals surface area contributed by atoms with Gasteiger partial charge < -0.3 is 10.1 Å². The normalized spacial score (nSPS) is 10.4. The molecule has 1 amide bonds. The first-order valence-corrected chi connectivity index (χ1v) is 7.03. The van der Waals surface area contributed by atoms with Crippen LogP contribution in [0.2, 0.25) is 0 Å². The van der Waals surface area contributed by atoms with Crippen molar-refractivity contribution in [2.24, 2.45) is 0 Å². The van der Waals surface area contributed by atoms with Crippen LogP contribution in [0.5, 0.6) is 5.88 Å². The van der Waals surface area contributed by atoms with E-state index >= 15 is 0 Å². The van der Waals surface area contributed by atoms with Crippen molar-refractivity contribution in [1.29, 1.82) is 0 Å². The molecule has 4 heteroatoms. The number of ether oxygens (including phenoxy) is 1. The third-order valence-corrected chi connectivity index (χ3v) is 3.52. The molecule has 3 rings (SSSR count). The quantitative estimate of drug-likeness (QED) is 0.803. The molecule has 1 heterocycles. The maximum atomic E-state index is 12.5. The first-order chi connectivity index (χ1) is 10.8. The molecular weight excluding hydrogens is 276 g/mol. The van der Waals surface area contributed by atoms with E-state index in [4.69, 9.17) is 4.74 Å². The molecule has 0 unspecified atom stereocenters. The van der Waals surface area contributed by atoms with Crippen LogP contribution in [0.1, 0.15) is 15.9 Å². The van der Waals surface area contributed by atoms with E-state index in [1.54, 1.807) is 13.3 Å². The van der Waals surface area contributed by atoms with Crippen molar-refractivity contribution in [2.75, 3.05) is 7.11 Å². The van der Waals surface area contributed by atoms with Crippen LogP contribution < -0.4 is 10.1 Å². The number of nitrogens with one attached hydrogen (secondary N) is 1. The minimum absolute atomic E-state index is 0.109. The Morgan fingerprint density at radius 1 is 1.09 bits per heavy atom. The molecule has 4 nitrogen and oxygen atoms in total. The highest BCUT2D eigenvalue weighted by atomic mass is 16.5. The first kappa shape index (κ1) is 14.1. The zero-order chi connectivity index (χ0) is 15.4. The van der Waals surface area contributed by atoms with E-state index in [0.717, 1.165) is 16.3 Å². The average Bonchev–Trinajstić information content (AvgIpc) is 2.59. The zero-order valence-electron chi connectivity index (χ0n) is 12.2. The molecule has 0 saturated heterocycles. The Morgan fingerprint density at radius 3 is 2.77 bits per heavy atom. The van der Waals surface area contributed by atoms with Crippen molar-refractivity contribution in [3.05, 3.63) is 71.9 Å². The third kappa shape index (κ3) is 2.76. The first-order valence-electron chi connectivity index (χ1n) is 7.03. The van der Waals surface area contributed by atoms with Gasteiger partial charge in [0.1, 0.15) is 0 Å². The van der Waals surface area contributed by atoms with Gasteiger partial charge >= 0.3 is 0 Å². The van der Waals surface area contributed by atoms with Gasteiger partial charge in [-0.15, -0.1) is 0 Å². The smallest absolute Gasteiger partial charge is 0.252 e. The number of pyridine rings is 1. The van der Waals surface area contributed by atoms with Crippen LogP contribution in [-0.4, -0.2) is 18.0 Å². The number of amides is 1. The molecule has 0 aliphatic heterocycles. The highest BCUT2D eigenvalue weighted by molar-refractivity contribution is 6.06. The van der Waals surface area contributed by atoms with Gasteiger partial charge in [0.15, 0.2) is 0 Å². The SMILES string of the molecule is COc1ncccc1CNC(=O)c1cccc2ccccc12. The van der Waals surface area contributed by atoms with E-state index in [1.807, 2.05) is 54.6 Å². The fraction of sp³-hybridized carbons (Fsp3) is 0.111.